The highest BCUT2D eigenvalue weighted by Gasteiger charge is 2.10. The predicted octanol–water partition coefficient (Wildman–Crippen LogP) is 2.98. The van der Waals surface area contributed by atoms with E-state index in [0.717, 1.165) is 12.0 Å². The standard InChI is InChI=1S/C17H17N3/c18-20-17(16-6-3-9-19-12-16)11-13-7-8-14-4-1-2-5-15(14)10-13/h1-10,12,17,20H,11,18H2. The van der Waals surface area contributed by atoms with Crippen LogP contribution in [-0.4, -0.2) is 4.98 Å². The predicted molar refractivity (Wildman–Crippen MR) is 82.0 cm³/mol. The van der Waals surface area contributed by atoms with E-state index in [0.29, 0.717) is 0 Å². The third kappa shape index (κ3) is 2.69. The van der Waals surface area contributed by atoms with Gasteiger partial charge in [0.15, 0.2) is 0 Å². The van der Waals surface area contributed by atoms with Gasteiger partial charge < -0.3 is 0 Å². The molecule has 0 aliphatic carbocycles. The number of rotatable bonds is 4. The van der Waals surface area contributed by atoms with Gasteiger partial charge in [-0.1, -0.05) is 48.5 Å². The summed E-state index contributed by atoms with van der Waals surface area (Å²) in [5, 5.41) is 2.52. The van der Waals surface area contributed by atoms with Crippen molar-refractivity contribution >= 4 is 10.8 Å². The Balaban J connectivity index is 1.87. The fourth-order valence-corrected chi connectivity index (χ4v) is 2.46. The van der Waals surface area contributed by atoms with Gasteiger partial charge in [-0.2, -0.15) is 0 Å². The van der Waals surface area contributed by atoms with Gasteiger partial charge in [-0.05, 0) is 34.4 Å². The summed E-state index contributed by atoms with van der Waals surface area (Å²) >= 11 is 0. The van der Waals surface area contributed by atoms with Crippen molar-refractivity contribution < 1.29 is 0 Å². The highest BCUT2D eigenvalue weighted by molar-refractivity contribution is 5.83. The Morgan fingerprint density at radius 3 is 2.60 bits per heavy atom. The lowest BCUT2D eigenvalue weighted by atomic mass is 9.98. The number of pyridine rings is 1. The lowest BCUT2D eigenvalue weighted by Gasteiger charge is -2.16. The van der Waals surface area contributed by atoms with E-state index in [1.54, 1.807) is 6.20 Å². The van der Waals surface area contributed by atoms with Crippen LogP contribution in [0.5, 0.6) is 0 Å². The van der Waals surface area contributed by atoms with Crippen molar-refractivity contribution in [2.75, 3.05) is 0 Å². The fraction of sp³-hybridized carbons (Fsp3) is 0.118. The zero-order chi connectivity index (χ0) is 13.8. The second kappa shape index (κ2) is 5.82. The molecule has 0 spiro atoms. The van der Waals surface area contributed by atoms with Gasteiger partial charge in [0, 0.05) is 12.4 Å². The summed E-state index contributed by atoms with van der Waals surface area (Å²) in [4.78, 5) is 4.15. The molecule has 3 heteroatoms. The monoisotopic (exact) mass is 263 g/mol. The van der Waals surface area contributed by atoms with Crippen molar-refractivity contribution in [2.24, 2.45) is 5.84 Å². The zero-order valence-electron chi connectivity index (χ0n) is 11.2. The molecule has 0 aliphatic rings. The summed E-state index contributed by atoms with van der Waals surface area (Å²) in [6.07, 6.45) is 4.46. The van der Waals surface area contributed by atoms with E-state index in [1.165, 1.54) is 16.3 Å². The van der Waals surface area contributed by atoms with Gasteiger partial charge in [0.05, 0.1) is 6.04 Å². The fourth-order valence-electron chi connectivity index (χ4n) is 2.46. The van der Waals surface area contributed by atoms with Gasteiger partial charge in [-0.3, -0.25) is 16.3 Å². The Kier molecular flexibility index (Phi) is 3.72. The molecule has 0 saturated carbocycles. The van der Waals surface area contributed by atoms with E-state index in [-0.39, 0.29) is 6.04 Å². The maximum atomic E-state index is 5.69. The van der Waals surface area contributed by atoms with E-state index in [2.05, 4.69) is 52.9 Å². The highest BCUT2D eigenvalue weighted by atomic mass is 15.2. The number of hydrogen-bond acceptors (Lipinski definition) is 3. The minimum absolute atomic E-state index is 0.0739. The van der Waals surface area contributed by atoms with Gasteiger partial charge in [-0.15, -0.1) is 0 Å². The van der Waals surface area contributed by atoms with E-state index >= 15 is 0 Å². The Morgan fingerprint density at radius 1 is 1.00 bits per heavy atom. The van der Waals surface area contributed by atoms with E-state index in [1.807, 2.05) is 18.3 Å². The summed E-state index contributed by atoms with van der Waals surface area (Å²) in [7, 11) is 0. The maximum Gasteiger partial charge on any atom is 0.0515 e. The molecule has 3 nitrogen and oxygen atoms in total. The second-order valence-electron chi connectivity index (χ2n) is 4.89. The molecule has 3 rings (SSSR count). The van der Waals surface area contributed by atoms with E-state index < -0.39 is 0 Å². The Hall–Kier alpha value is -2.23. The van der Waals surface area contributed by atoms with Crippen molar-refractivity contribution in [3.8, 4) is 0 Å². The van der Waals surface area contributed by atoms with Crippen molar-refractivity contribution in [3.63, 3.8) is 0 Å². The van der Waals surface area contributed by atoms with Gasteiger partial charge in [0.25, 0.3) is 0 Å². The largest absolute Gasteiger partial charge is 0.271 e. The average Bonchev–Trinajstić information content (AvgIpc) is 2.53. The van der Waals surface area contributed by atoms with Gasteiger partial charge in [0.2, 0.25) is 0 Å². The van der Waals surface area contributed by atoms with Gasteiger partial charge in [0.1, 0.15) is 0 Å². The van der Waals surface area contributed by atoms with Crippen LogP contribution in [0.15, 0.2) is 67.0 Å². The number of nitrogens with one attached hydrogen (secondary N) is 1. The lowest BCUT2D eigenvalue weighted by molar-refractivity contribution is 0.550. The molecule has 3 N–H and O–H groups in total. The molecule has 0 fully saturated rings. The third-order valence-electron chi connectivity index (χ3n) is 3.54. The molecular weight excluding hydrogens is 246 g/mol. The molecule has 0 saturated heterocycles. The minimum atomic E-state index is 0.0739. The smallest absolute Gasteiger partial charge is 0.0515 e. The van der Waals surface area contributed by atoms with E-state index in [4.69, 9.17) is 5.84 Å². The van der Waals surface area contributed by atoms with Crippen LogP contribution in [0.1, 0.15) is 17.2 Å². The maximum absolute atomic E-state index is 5.69. The molecule has 20 heavy (non-hydrogen) atoms. The number of benzene rings is 2. The van der Waals surface area contributed by atoms with Crippen LogP contribution in [-0.2, 0) is 6.42 Å². The quantitative estimate of drug-likeness (QED) is 0.562. The highest BCUT2D eigenvalue weighted by Crippen LogP contribution is 2.21. The normalized spacial score (nSPS) is 12.4. The number of hydrazine groups is 1. The molecule has 0 amide bonds. The molecule has 1 aromatic heterocycles. The molecule has 0 aliphatic heterocycles. The zero-order valence-corrected chi connectivity index (χ0v) is 11.2. The van der Waals surface area contributed by atoms with Crippen LogP contribution in [0.25, 0.3) is 10.8 Å². The second-order valence-corrected chi connectivity index (χ2v) is 4.89. The first kappa shape index (κ1) is 12.8. The number of nitrogens with zero attached hydrogens (tertiary/aromatic N) is 1. The molecule has 0 radical (unpaired) electrons. The van der Waals surface area contributed by atoms with E-state index in [9.17, 15) is 0 Å². The lowest BCUT2D eigenvalue weighted by Crippen LogP contribution is -2.29. The van der Waals surface area contributed by atoms with Crippen molar-refractivity contribution in [1.29, 1.82) is 0 Å². The molecule has 1 atom stereocenters. The first-order valence-electron chi connectivity index (χ1n) is 6.70. The average molecular weight is 263 g/mol. The summed E-state index contributed by atoms with van der Waals surface area (Å²) in [6.45, 7) is 0. The molecule has 2 aromatic carbocycles. The summed E-state index contributed by atoms with van der Waals surface area (Å²) in [5.41, 5.74) is 5.23. The van der Waals surface area contributed by atoms with Crippen molar-refractivity contribution in [1.82, 2.24) is 10.4 Å². The molecule has 100 valence electrons. The third-order valence-corrected chi connectivity index (χ3v) is 3.54. The molecule has 1 unspecified atom stereocenters. The number of nitrogens with two attached hydrogens (primary N) is 1. The topological polar surface area (TPSA) is 50.9 Å². The molecule has 3 aromatic rings. The Bertz CT molecular complexity index is 695. The molecule has 1 heterocycles. The van der Waals surface area contributed by atoms with Crippen LogP contribution < -0.4 is 11.3 Å². The van der Waals surface area contributed by atoms with Crippen LogP contribution >= 0.6 is 0 Å². The number of fused-ring (bicyclic) bond motifs is 1. The van der Waals surface area contributed by atoms with Crippen LogP contribution in [0.4, 0.5) is 0 Å². The van der Waals surface area contributed by atoms with Crippen LogP contribution in [0.3, 0.4) is 0 Å². The Labute approximate surface area is 118 Å². The Morgan fingerprint density at radius 2 is 1.85 bits per heavy atom. The first-order valence-corrected chi connectivity index (χ1v) is 6.70. The molecular formula is C17H17N3. The number of aromatic nitrogens is 1. The van der Waals surface area contributed by atoms with Crippen LogP contribution in [0, 0.1) is 0 Å². The summed E-state index contributed by atoms with van der Waals surface area (Å²) in [5.74, 6) is 5.69. The van der Waals surface area contributed by atoms with Gasteiger partial charge in [-0.25, -0.2) is 0 Å². The summed E-state index contributed by atoms with van der Waals surface area (Å²) < 4.78 is 0. The van der Waals surface area contributed by atoms with Crippen molar-refractivity contribution in [2.45, 2.75) is 12.5 Å². The first-order chi connectivity index (χ1) is 9.86. The van der Waals surface area contributed by atoms with Crippen molar-refractivity contribution in [3.05, 3.63) is 78.1 Å². The molecule has 0 bridgehead atoms. The SMILES string of the molecule is NNC(Cc1ccc2ccccc2c1)c1cccnc1. The number of hydrogen-bond donors (Lipinski definition) is 2. The van der Waals surface area contributed by atoms with Gasteiger partial charge >= 0.3 is 0 Å². The summed E-state index contributed by atoms with van der Waals surface area (Å²) in [6, 6.07) is 18.9. The van der Waals surface area contributed by atoms with Crippen LogP contribution in [0.2, 0.25) is 0 Å². The minimum Gasteiger partial charge on any atom is -0.271 e.